The van der Waals surface area contributed by atoms with Crippen molar-refractivity contribution in [1.29, 1.82) is 0 Å². The molecule has 0 aromatic rings. The molecule has 2 aliphatic rings. The van der Waals surface area contributed by atoms with E-state index in [1.54, 1.807) is 0 Å². The van der Waals surface area contributed by atoms with Gasteiger partial charge in [0.05, 0.1) is 0 Å². The van der Waals surface area contributed by atoms with Crippen molar-refractivity contribution in [2.45, 2.75) is 51.6 Å². The molecule has 2 rings (SSSR count). The standard InChI is InChI=1S/C12H24N2/c1-4-14-7-5-6-11(14)10-8-12(2,3)13-9-10/h10-11,13H,4-9H2,1-3H3. The van der Waals surface area contributed by atoms with Crippen molar-refractivity contribution in [3.05, 3.63) is 0 Å². The molecule has 0 spiro atoms. The van der Waals surface area contributed by atoms with Gasteiger partial charge in [-0.3, -0.25) is 0 Å². The Balaban J connectivity index is 1.95. The van der Waals surface area contributed by atoms with Crippen LogP contribution in [0.25, 0.3) is 0 Å². The number of rotatable bonds is 2. The average molecular weight is 196 g/mol. The van der Waals surface area contributed by atoms with Gasteiger partial charge >= 0.3 is 0 Å². The molecule has 0 saturated carbocycles. The summed E-state index contributed by atoms with van der Waals surface area (Å²) in [5.74, 6) is 0.896. The molecule has 2 saturated heterocycles. The van der Waals surface area contributed by atoms with Crippen molar-refractivity contribution in [2.24, 2.45) is 5.92 Å². The van der Waals surface area contributed by atoms with Gasteiger partial charge < -0.3 is 10.2 Å². The zero-order valence-corrected chi connectivity index (χ0v) is 9.84. The Labute approximate surface area is 88.1 Å². The molecule has 0 aromatic carbocycles. The van der Waals surface area contributed by atoms with E-state index in [2.05, 4.69) is 31.0 Å². The topological polar surface area (TPSA) is 15.3 Å². The van der Waals surface area contributed by atoms with Crippen molar-refractivity contribution in [3.8, 4) is 0 Å². The van der Waals surface area contributed by atoms with Crippen LogP contribution in [0, 0.1) is 5.92 Å². The van der Waals surface area contributed by atoms with Crippen molar-refractivity contribution >= 4 is 0 Å². The summed E-state index contributed by atoms with van der Waals surface area (Å²) in [6.45, 7) is 10.8. The molecule has 2 unspecified atom stereocenters. The minimum absolute atomic E-state index is 0.382. The zero-order chi connectivity index (χ0) is 10.2. The van der Waals surface area contributed by atoms with Crippen LogP contribution in [-0.2, 0) is 0 Å². The maximum atomic E-state index is 3.64. The molecule has 2 nitrogen and oxygen atoms in total. The second-order valence-electron chi connectivity index (χ2n) is 5.57. The van der Waals surface area contributed by atoms with Crippen LogP contribution in [0.15, 0.2) is 0 Å². The largest absolute Gasteiger partial charge is 0.311 e. The molecule has 82 valence electrons. The Morgan fingerprint density at radius 3 is 2.79 bits per heavy atom. The third-order valence-corrected chi connectivity index (χ3v) is 3.98. The summed E-state index contributed by atoms with van der Waals surface area (Å²) in [7, 11) is 0. The smallest absolute Gasteiger partial charge is 0.0137 e. The van der Waals surface area contributed by atoms with Crippen LogP contribution in [-0.4, -0.2) is 36.1 Å². The fraction of sp³-hybridized carbons (Fsp3) is 1.00. The minimum atomic E-state index is 0.382. The van der Waals surface area contributed by atoms with Crippen molar-refractivity contribution in [2.75, 3.05) is 19.6 Å². The minimum Gasteiger partial charge on any atom is -0.311 e. The van der Waals surface area contributed by atoms with Crippen molar-refractivity contribution in [3.63, 3.8) is 0 Å². The molecule has 2 heteroatoms. The van der Waals surface area contributed by atoms with Crippen molar-refractivity contribution in [1.82, 2.24) is 10.2 Å². The van der Waals surface area contributed by atoms with Gasteiger partial charge in [0.25, 0.3) is 0 Å². The number of hydrogen-bond donors (Lipinski definition) is 1. The number of hydrogen-bond acceptors (Lipinski definition) is 2. The van der Waals surface area contributed by atoms with Crippen LogP contribution < -0.4 is 5.32 Å². The number of nitrogens with one attached hydrogen (secondary N) is 1. The predicted octanol–water partition coefficient (Wildman–Crippen LogP) is 1.86. The Morgan fingerprint density at radius 2 is 2.21 bits per heavy atom. The van der Waals surface area contributed by atoms with Crippen LogP contribution in [0.1, 0.15) is 40.0 Å². The summed E-state index contributed by atoms with van der Waals surface area (Å²) >= 11 is 0. The molecule has 2 atom stereocenters. The lowest BCUT2D eigenvalue weighted by atomic mass is 9.90. The van der Waals surface area contributed by atoms with Crippen LogP contribution in [0.4, 0.5) is 0 Å². The van der Waals surface area contributed by atoms with Gasteiger partial charge in [-0.1, -0.05) is 6.92 Å². The van der Waals surface area contributed by atoms with Gasteiger partial charge in [-0.15, -0.1) is 0 Å². The van der Waals surface area contributed by atoms with Gasteiger partial charge in [0.2, 0.25) is 0 Å². The first-order chi connectivity index (χ1) is 6.62. The molecule has 0 bridgehead atoms. The van der Waals surface area contributed by atoms with E-state index in [1.165, 1.54) is 38.9 Å². The monoisotopic (exact) mass is 196 g/mol. The summed E-state index contributed by atoms with van der Waals surface area (Å²) in [6.07, 6.45) is 4.19. The third kappa shape index (κ3) is 1.96. The molecular formula is C12H24N2. The van der Waals surface area contributed by atoms with E-state index in [4.69, 9.17) is 0 Å². The summed E-state index contributed by atoms with van der Waals surface area (Å²) in [4.78, 5) is 2.67. The highest BCUT2D eigenvalue weighted by Gasteiger charge is 2.38. The second-order valence-corrected chi connectivity index (χ2v) is 5.57. The lowest BCUT2D eigenvalue weighted by molar-refractivity contribution is 0.202. The fourth-order valence-corrected chi connectivity index (χ4v) is 3.26. The summed E-state index contributed by atoms with van der Waals surface area (Å²) in [6, 6.07) is 0.870. The third-order valence-electron chi connectivity index (χ3n) is 3.98. The molecule has 2 aliphatic heterocycles. The summed E-state index contributed by atoms with van der Waals surface area (Å²) in [5, 5.41) is 3.64. The highest BCUT2D eigenvalue weighted by molar-refractivity contribution is 4.96. The van der Waals surface area contributed by atoms with Crippen LogP contribution in [0.3, 0.4) is 0 Å². The second kappa shape index (κ2) is 3.82. The van der Waals surface area contributed by atoms with E-state index in [9.17, 15) is 0 Å². The Morgan fingerprint density at radius 1 is 1.43 bits per heavy atom. The molecule has 14 heavy (non-hydrogen) atoms. The molecule has 2 heterocycles. The van der Waals surface area contributed by atoms with E-state index in [0.717, 1.165) is 12.0 Å². The number of nitrogens with zero attached hydrogens (tertiary/aromatic N) is 1. The van der Waals surface area contributed by atoms with Crippen LogP contribution >= 0.6 is 0 Å². The van der Waals surface area contributed by atoms with E-state index in [-0.39, 0.29) is 0 Å². The van der Waals surface area contributed by atoms with Gasteiger partial charge in [0, 0.05) is 18.1 Å². The normalized spacial score (nSPS) is 37.9. The predicted molar refractivity (Wildman–Crippen MR) is 60.5 cm³/mol. The van der Waals surface area contributed by atoms with E-state index < -0.39 is 0 Å². The first-order valence-electron chi connectivity index (χ1n) is 6.11. The molecule has 0 radical (unpaired) electrons. The molecule has 1 N–H and O–H groups in total. The zero-order valence-electron chi connectivity index (χ0n) is 9.84. The average Bonchev–Trinajstić information content (AvgIpc) is 2.70. The first kappa shape index (κ1) is 10.4. The Hall–Kier alpha value is -0.0800. The Bertz CT molecular complexity index is 200. The van der Waals surface area contributed by atoms with Crippen LogP contribution in [0.5, 0.6) is 0 Å². The quantitative estimate of drug-likeness (QED) is 0.725. The highest BCUT2D eigenvalue weighted by atomic mass is 15.2. The van der Waals surface area contributed by atoms with E-state index in [1.807, 2.05) is 0 Å². The first-order valence-corrected chi connectivity index (χ1v) is 6.11. The molecule has 0 amide bonds. The van der Waals surface area contributed by atoms with Gasteiger partial charge in [-0.2, -0.15) is 0 Å². The maximum absolute atomic E-state index is 3.64. The molecule has 2 fully saturated rings. The maximum Gasteiger partial charge on any atom is 0.0137 e. The van der Waals surface area contributed by atoms with Crippen molar-refractivity contribution < 1.29 is 0 Å². The van der Waals surface area contributed by atoms with Gasteiger partial charge in [-0.05, 0) is 52.1 Å². The Kier molecular flexibility index (Phi) is 2.85. The number of likely N-dealkylation sites (tertiary alicyclic amines) is 1. The van der Waals surface area contributed by atoms with Gasteiger partial charge in [0.1, 0.15) is 0 Å². The van der Waals surface area contributed by atoms with Gasteiger partial charge in [-0.25, -0.2) is 0 Å². The lowest BCUT2D eigenvalue weighted by Crippen LogP contribution is -2.36. The van der Waals surface area contributed by atoms with E-state index in [0.29, 0.717) is 5.54 Å². The summed E-state index contributed by atoms with van der Waals surface area (Å²) < 4.78 is 0. The molecule has 0 aromatic heterocycles. The van der Waals surface area contributed by atoms with E-state index >= 15 is 0 Å². The SMILES string of the molecule is CCN1CCCC1C1CNC(C)(C)C1. The summed E-state index contributed by atoms with van der Waals surface area (Å²) in [5.41, 5.74) is 0.382. The lowest BCUT2D eigenvalue weighted by Gasteiger charge is -2.28. The molecular weight excluding hydrogens is 172 g/mol. The van der Waals surface area contributed by atoms with Crippen LogP contribution in [0.2, 0.25) is 0 Å². The highest BCUT2D eigenvalue weighted by Crippen LogP contribution is 2.32. The fourth-order valence-electron chi connectivity index (χ4n) is 3.26. The van der Waals surface area contributed by atoms with Gasteiger partial charge in [0.15, 0.2) is 0 Å². The molecule has 0 aliphatic carbocycles.